The fourth-order valence-corrected chi connectivity index (χ4v) is 4.05. The second kappa shape index (κ2) is 10.2. The number of aromatic nitrogens is 2. The van der Waals surface area contributed by atoms with Crippen LogP contribution in [0.5, 0.6) is 0 Å². The van der Waals surface area contributed by atoms with Gasteiger partial charge in [0.15, 0.2) is 0 Å². The summed E-state index contributed by atoms with van der Waals surface area (Å²) >= 11 is 0. The van der Waals surface area contributed by atoms with Crippen molar-refractivity contribution in [2.45, 2.75) is 46.5 Å². The third-order valence-electron chi connectivity index (χ3n) is 5.90. The number of hydrogen-bond donors (Lipinski definition) is 0. The molecule has 0 radical (unpaired) electrons. The van der Waals surface area contributed by atoms with E-state index in [0.717, 1.165) is 43.5 Å². The fraction of sp³-hybridized carbons (Fsp3) is 0.727. The number of piperidine rings is 1. The molecule has 1 amide bonds. The SMILES string of the molecule is CCOC(=O)C1CCN(C(=O)CN2CCN(c3cc(C)nc(C(C)C)n3)CC2)CC1. The lowest BCUT2D eigenvalue weighted by atomic mass is 9.97. The highest BCUT2D eigenvalue weighted by Gasteiger charge is 2.29. The molecule has 2 saturated heterocycles. The molecule has 2 aliphatic rings. The van der Waals surface area contributed by atoms with E-state index in [1.165, 1.54) is 0 Å². The van der Waals surface area contributed by atoms with Gasteiger partial charge in [0.2, 0.25) is 5.91 Å². The maximum Gasteiger partial charge on any atom is 0.309 e. The number of anilines is 1. The van der Waals surface area contributed by atoms with E-state index in [1.54, 1.807) is 0 Å². The van der Waals surface area contributed by atoms with Crippen molar-refractivity contribution < 1.29 is 14.3 Å². The Balaban J connectivity index is 1.46. The Morgan fingerprint density at radius 1 is 1.10 bits per heavy atom. The number of esters is 1. The highest BCUT2D eigenvalue weighted by Crippen LogP contribution is 2.20. The number of likely N-dealkylation sites (tertiary alicyclic amines) is 1. The van der Waals surface area contributed by atoms with Crippen molar-refractivity contribution in [1.29, 1.82) is 0 Å². The Bertz CT molecular complexity index is 738. The molecule has 0 aliphatic carbocycles. The number of carbonyl (C=O) groups is 2. The number of amides is 1. The highest BCUT2D eigenvalue weighted by molar-refractivity contribution is 5.79. The zero-order chi connectivity index (χ0) is 21.7. The first-order chi connectivity index (χ1) is 14.4. The molecule has 1 aromatic rings. The van der Waals surface area contributed by atoms with Gasteiger partial charge in [0.25, 0.3) is 0 Å². The summed E-state index contributed by atoms with van der Waals surface area (Å²) in [4.78, 5) is 40.3. The zero-order valence-corrected chi connectivity index (χ0v) is 18.8. The maximum absolute atomic E-state index is 12.7. The van der Waals surface area contributed by atoms with Gasteiger partial charge in [-0.2, -0.15) is 0 Å². The van der Waals surface area contributed by atoms with Gasteiger partial charge in [0, 0.05) is 56.9 Å². The van der Waals surface area contributed by atoms with Crippen LogP contribution in [0.3, 0.4) is 0 Å². The average molecular weight is 418 g/mol. The van der Waals surface area contributed by atoms with E-state index < -0.39 is 0 Å². The average Bonchev–Trinajstić information content (AvgIpc) is 2.74. The van der Waals surface area contributed by atoms with E-state index in [9.17, 15) is 9.59 Å². The highest BCUT2D eigenvalue weighted by atomic mass is 16.5. The molecule has 8 nitrogen and oxygen atoms in total. The van der Waals surface area contributed by atoms with Gasteiger partial charge in [0.1, 0.15) is 11.6 Å². The Hall–Kier alpha value is -2.22. The topological polar surface area (TPSA) is 78.9 Å². The molecule has 0 spiro atoms. The van der Waals surface area contributed by atoms with Crippen LogP contribution in [0.1, 0.15) is 51.0 Å². The maximum atomic E-state index is 12.7. The Labute approximate surface area is 179 Å². The lowest BCUT2D eigenvalue weighted by molar-refractivity contribution is -0.151. The molecule has 8 heteroatoms. The minimum absolute atomic E-state index is 0.0652. The first-order valence-electron chi connectivity index (χ1n) is 11.1. The minimum atomic E-state index is -0.124. The largest absolute Gasteiger partial charge is 0.466 e. The molecule has 2 aliphatic heterocycles. The number of aryl methyl sites for hydroxylation is 1. The van der Waals surface area contributed by atoms with Crippen LogP contribution in [0.25, 0.3) is 0 Å². The molecule has 3 heterocycles. The molecule has 0 atom stereocenters. The molecule has 0 unspecified atom stereocenters. The van der Waals surface area contributed by atoms with Crippen LogP contribution in [0.4, 0.5) is 5.82 Å². The number of rotatable bonds is 6. The summed E-state index contributed by atoms with van der Waals surface area (Å²) in [7, 11) is 0. The summed E-state index contributed by atoms with van der Waals surface area (Å²) in [6.45, 7) is 13.6. The van der Waals surface area contributed by atoms with Gasteiger partial charge in [-0.15, -0.1) is 0 Å². The van der Waals surface area contributed by atoms with Crippen molar-refractivity contribution in [3.63, 3.8) is 0 Å². The van der Waals surface area contributed by atoms with E-state index in [2.05, 4.69) is 28.6 Å². The lowest BCUT2D eigenvalue weighted by Gasteiger charge is -2.37. The third-order valence-corrected chi connectivity index (χ3v) is 5.90. The van der Waals surface area contributed by atoms with Crippen LogP contribution < -0.4 is 4.90 Å². The molecule has 0 aromatic carbocycles. The second-order valence-corrected chi connectivity index (χ2v) is 8.55. The molecule has 2 fully saturated rings. The monoisotopic (exact) mass is 417 g/mol. The number of piperazine rings is 1. The van der Waals surface area contributed by atoms with Gasteiger partial charge in [0.05, 0.1) is 19.1 Å². The van der Waals surface area contributed by atoms with Gasteiger partial charge in [-0.25, -0.2) is 9.97 Å². The normalized spacial score (nSPS) is 18.7. The number of hydrogen-bond acceptors (Lipinski definition) is 7. The first-order valence-corrected chi connectivity index (χ1v) is 11.1. The Morgan fingerprint density at radius 2 is 1.77 bits per heavy atom. The Kier molecular flexibility index (Phi) is 7.64. The van der Waals surface area contributed by atoms with Gasteiger partial charge >= 0.3 is 5.97 Å². The van der Waals surface area contributed by atoms with Crippen molar-refractivity contribution in [3.05, 3.63) is 17.6 Å². The van der Waals surface area contributed by atoms with Crippen LogP contribution in [-0.2, 0) is 14.3 Å². The summed E-state index contributed by atoms with van der Waals surface area (Å²) in [6, 6.07) is 2.04. The third kappa shape index (κ3) is 5.68. The predicted molar refractivity (Wildman–Crippen MR) is 115 cm³/mol. The van der Waals surface area contributed by atoms with Crippen LogP contribution >= 0.6 is 0 Å². The minimum Gasteiger partial charge on any atom is -0.466 e. The van der Waals surface area contributed by atoms with Crippen LogP contribution in [0.2, 0.25) is 0 Å². The quantitative estimate of drug-likeness (QED) is 0.654. The van der Waals surface area contributed by atoms with Crippen molar-refractivity contribution in [2.24, 2.45) is 5.92 Å². The van der Waals surface area contributed by atoms with Gasteiger partial charge in [-0.05, 0) is 26.7 Å². The summed E-state index contributed by atoms with van der Waals surface area (Å²) in [5, 5.41) is 0. The molecule has 1 aromatic heterocycles. The van der Waals surface area contributed by atoms with Crippen molar-refractivity contribution >= 4 is 17.7 Å². The lowest BCUT2D eigenvalue weighted by Crippen LogP contribution is -2.51. The fourth-order valence-electron chi connectivity index (χ4n) is 4.05. The Morgan fingerprint density at radius 3 is 2.37 bits per heavy atom. The predicted octanol–water partition coefficient (Wildman–Crippen LogP) is 1.83. The standard InChI is InChI=1S/C22H35N5O3/c1-5-30-22(29)18-6-8-27(9-7-18)20(28)15-25-10-12-26(13-11-25)19-14-17(4)23-21(24-19)16(2)3/h14,16,18H,5-13,15H2,1-4H3. The number of nitrogens with zero attached hydrogens (tertiary/aromatic N) is 5. The molecule has 0 N–H and O–H groups in total. The molecule has 3 rings (SSSR count). The van der Waals surface area contributed by atoms with Crippen LogP contribution in [-0.4, -0.2) is 84.1 Å². The zero-order valence-electron chi connectivity index (χ0n) is 18.8. The molecule has 166 valence electrons. The smallest absolute Gasteiger partial charge is 0.309 e. The van der Waals surface area contributed by atoms with E-state index in [1.807, 2.05) is 24.8 Å². The number of ether oxygens (including phenoxy) is 1. The molecular formula is C22H35N5O3. The van der Waals surface area contributed by atoms with Gasteiger partial charge in [-0.1, -0.05) is 13.8 Å². The van der Waals surface area contributed by atoms with E-state index in [4.69, 9.17) is 9.72 Å². The summed E-state index contributed by atoms with van der Waals surface area (Å²) in [5.41, 5.74) is 0.993. The molecular weight excluding hydrogens is 382 g/mol. The summed E-state index contributed by atoms with van der Waals surface area (Å²) in [6.07, 6.45) is 1.40. The van der Waals surface area contributed by atoms with Crippen molar-refractivity contribution in [3.8, 4) is 0 Å². The van der Waals surface area contributed by atoms with Crippen LogP contribution in [0.15, 0.2) is 6.07 Å². The second-order valence-electron chi connectivity index (χ2n) is 8.55. The van der Waals surface area contributed by atoms with E-state index in [-0.39, 0.29) is 17.8 Å². The molecule has 0 saturated carbocycles. The summed E-state index contributed by atoms with van der Waals surface area (Å²) in [5.74, 6) is 2.14. The number of carbonyl (C=O) groups excluding carboxylic acids is 2. The van der Waals surface area contributed by atoms with Crippen molar-refractivity contribution in [1.82, 2.24) is 19.8 Å². The van der Waals surface area contributed by atoms with Gasteiger partial charge in [-0.3, -0.25) is 14.5 Å². The summed E-state index contributed by atoms with van der Waals surface area (Å²) < 4.78 is 5.11. The molecule has 0 bridgehead atoms. The van der Waals surface area contributed by atoms with Crippen molar-refractivity contribution in [2.75, 3.05) is 57.3 Å². The van der Waals surface area contributed by atoms with E-state index in [0.29, 0.717) is 45.0 Å². The van der Waals surface area contributed by atoms with Crippen LogP contribution in [0, 0.1) is 12.8 Å². The van der Waals surface area contributed by atoms with Gasteiger partial charge < -0.3 is 14.5 Å². The molecule has 30 heavy (non-hydrogen) atoms. The first kappa shape index (κ1) is 22.5. The van der Waals surface area contributed by atoms with E-state index >= 15 is 0 Å².